The minimum absolute atomic E-state index is 0.228. The third kappa shape index (κ3) is 2.34. The number of nitrogens with one attached hydrogen (secondary N) is 1. The van der Waals surface area contributed by atoms with Gasteiger partial charge in [0.1, 0.15) is 11.3 Å². The summed E-state index contributed by atoms with van der Waals surface area (Å²) < 4.78 is 1.00. The Balaban J connectivity index is 2.10. The lowest BCUT2D eigenvalue weighted by molar-refractivity contribution is 0.332. The van der Waals surface area contributed by atoms with Crippen molar-refractivity contribution >= 4 is 32.7 Å². The Kier molecular flexibility index (Phi) is 3.53. The van der Waals surface area contributed by atoms with E-state index >= 15 is 0 Å². The van der Waals surface area contributed by atoms with Crippen LogP contribution in [0.25, 0.3) is 11.0 Å². The van der Waals surface area contributed by atoms with Gasteiger partial charge in [-0.25, -0.2) is 4.98 Å². The van der Waals surface area contributed by atoms with Crippen LogP contribution in [-0.2, 0) is 5.41 Å². The molecular formula is C16H22BrN3. The van der Waals surface area contributed by atoms with Crippen molar-refractivity contribution in [3.8, 4) is 0 Å². The van der Waals surface area contributed by atoms with Gasteiger partial charge in [0, 0.05) is 9.89 Å². The summed E-state index contributed by atoms with van der Waals surface area (Å²) in [6, 6.07) is 4.00. The molecule has 1 aromatic carbocycles. The third-order valence-electron chi connectivity index (χ3n) is 4.44. The molecule has 3 N–H and O–H groups in total. The molecule has 3 nitrogen and oxygen atoms in total. The van der Waals surface area contributed by atoms with E-state index in [1.54, 1.807) is 0 Å². The number of imidazole rings is 1. The van der Waals surface area contributed by atoms with Crippen LogP contribution in [0.2, 0.25) is 0 Å². The van der Waals surface area contributed by atoms with E-state index in [4.69, 9.17) is 10.7 Å². The molecule has 108 valence electrons. The van der Waals surface area contributed by atoms with Crippen molar-refractivity contribution in [1.29, 1.82) is 0 Å². The first-order valence-corrected chi connectivity index (χ1v) is 8.25. The van der Waals surface area contributed by atoms with Gasteiger partial charge in [0.15, 0.2) is 0 Å². The van der Waals surface area contributed by atoms with Crippen molar-refractivity contribution in [3.63, 3.8) is 0 Å². The van der Waals surface area contributed by atoms with Crippen molar-refractivity contribution in [1.82, 2.24) is 9.97 Å². The number of nitrogens with two attached hydrogens (primary N) is 1. The molecule has 0 aliphatic heterocycles. The number of aromatic amines is 1. The summed E-state index contributed by atoms with van der Waals surface area (Å²) in [6.07, 6.45) is 6.30. The molecule has 0 spiro atoms. The first-order chi connectivity index (χ1) is 9.50. The zero-order chi connectivity index (χ0) is 14.3. The topological polar surface area (TPSA) is 54.7 Å². The molecule has 2 aromatic rings. The van der Waals surface area contributed by atoms with Crippen LogP contribution >= 0.6 is 15.9 Å². The van der Waals surface area contributed by atoms with Gasteiger partial charge in [-0.3, -0.25) is 0 Å². The molecule has 1 aromatic heterocycles. The maximum absolute atomic E-state index is 6.10. The Morgan fingerprint density at radius 3 is 2.70 bits per heavy atom. The van der Waals surface area contributed by atoms with Gasteiger partial charge in [-0.1, -0.05) is 42.6 Å². The molecule has 0 atom stereocenters. The van der Waals surface area contributed by atoms with E-state index in [1.807, 2.05) is 6.07 Å². The van der Waals surface area contributed by atoms with Gasteiger partial charge in [-0.15, -0.1) is 0 Å². The predicted octanol–water partition coefficient (Wildman–Crippen LogP) is 4.77. The number of hydrogen-bond donors (Lipinski definition) is 2. The van der Waals surface area contributed by atoms with E-state index in [0.717, 1.165) is 27.0 Å². The van der Waals surface area contributed by atoms with E-state index in [2.05, 4.69) is 40.8 Å². The zero-order valence-electron chi connectivity index (χ0n) is 12.2. The van der Waals surface area contributed by atoms with Crippen LogP contribution in [0.5, 0.6) is 0 Å². The molecule has 1 fully saturated rings. The fraction of sp³-hybridized carbons (Fsp3) is 0.562. The molecule has 1 heterocycles. The fourth-order valence-corrected chi connectivity index (χ4v) is 4.21. The van der Waals surface area contributed by atoms with E-state index in [0.29, 0.717) is 5.92 Å². The summed E-state index contributed by atoms with van der Waals surface area (Å²) in [5.74, 6) is 1.83. The number of anilines is 1. The SMILES string of the molecule is CC(C)CC1(c2nc3c(N)cc(Br)cc3[nH]2)CCCC1. The summed E-state index contributed by atoms with van der Waals surface area (Å²) in [7, 11) is 0. The molecular weight excluding hydrogens is 314 g/mol. The molecule has 3 rings (SSSR count). The first-order valence-electron chi connectivity index (χ1n) is 7.45. The highest BCUT2D eigenvalue weighted by atomic mass is 79.9. The van der Waals surface area contributed by atoms with Crippen LogP contribution in [-0.4, -0.2) is 9.97 Å². The van der Waals surface area contributed by atoms with Gasteiger partial charge in [0.05, 0.1) is 11.2 Å². The van der Waals surface area contributed by atoms with Crippen LogP contribution in [0, 0.1) is 5.92 Å². The lowest BCUT2D eigenvalue weighted by atomic mass is 9.78. The predicted molar refractivity (Wildman–Crippen MR) is 87.8 cm³/mol. The highest BCUT2D eigenvalue weighted by Crippen LogP contribution is 2.45. The molecule has 0 amide bonds. The van der Waals surface area contributed by atoms with Crippen LogP contribution in [0.4, 0.5) is 5.69 Å². The molecule has 0 radical (unpaired) electrons. The van der Waals surface area contributed by atoms with Gasteiger partial charge in [-0.05, 0) is 37.3 Å². The van der Waals surface area contributed by atoms with Crippen molar-refractivity contribution in [3.05, 3.63) is 22.4 Å². The molecule has 1 aliphatic carbocycles. The van der Waals surface area contributed by atoms with Crippen molar-refractivity contribution in [2.75, 3.05) is 5.73 Å². The summed E-state index contributed by atoms with van der Waals surface area (Å²) in [5, 5.41) is 0. The number of hydrogen-bond acceptors (Lipinski definition) is 2. The van der Waals surface area contributed by atoms with Crippen LogP contribution < -0.4 is 5.73 Å². The maximum Gasteiger partial charge on any atom is 0.113 e. The zero-order valence-corrected chi connectivity index (χ0v) is 13.8. The minimum Gasteiger partial charge on any atom is -0.397 e. The number of fused-ring (bicyclic) bond motifs is 1. The molecule has 1 saturated carbocycles. The number of halogens is 1. The molecule has 4 heteroatoms. The lowest BCUT2D eigenvalue weighted by Gasteiger charge is -2.28. The maximum atomic E-state index is 6.10. The van der Waals surface area contributed by atoms with Gasteiger partial charge in [0.2, 0.25) is 0 Å². The summed E-state index contributed by atoms with van der Waals surface area (Å²) in [5.41, 5.74) is 9.03. The molecule has 0 bridgehead atoms. The highest BCUT2D eigenvalue weighted by Gasteiger charge is 2.38. The van der Waals surface area contributed by atoms with E-state index in [9.17, 15) is 0 Å². The Morgan fingerprint density at radius 2 is 2.05 bits per heavy atom. The lowest BCUT2D eigenvalue weighted by Crippen LogP contribution is -2.25. The average Bonchev–Trinajstić information content (AvgIpc) is 2.95. The van der Waals surface area contributed by atoms with E-state index < -0.39 is 0 Å². The van der Waals surface area contributed by atoms with E-state index in [-0.39, 0.29) is 5.41 Å². The van der Waals surface area contributed by atoms with Crippen molar-refractivity contribution < 1.29 is 0 Å². The normalized spacial score (nSPS) is 18.2. The highest BCUT2D eigenvalue weighted by molar-refractivity contribution is 9.10. The summed E-state index contributed by atoms with van der Waals surface area (Å²) >= 11 is 3.50. The number of nitrogens with zero attached hydrogens (tertiary/aromatic N) is 1. The van der Waals surface area contributed by atoms with Crippen molar-refractivity contribution in [2.45, 2.75) is 51.4 Å². The molecule has 20 heavy (non-hydrogen) atoms. The Labute approximate surface area is 128 Å². The molecule has 0 unspecified atom stereocenters. The van der Waals surface area contributed by atoms with Gasteiger partial charge in [-0.2, -0.15) is 0 Å². The molecule has 0 saturated heterocycles. The summed E-state index contributed by atoms with van der Waals surface area (Å²) in [6.45, 7) is 4.60. The average molecular weight is 336 g/mol. The third-order valence-corrected chi connectivity index (χ3v) is 4.90. The summed E-state index contributed by atoms with van der Waals surface area (Å²) in [4.78, 5) is 8.40. The largest absolute Gasteiger partial charge is 0.397 e. The number of rotatable bonds is 3. The number of H-pyrrole nitrogens is 1. The van der Waals surface area contributed by atoms with E-state index in [1.165, 1.54) is 32.1 Å². The van der Waals surface area contributed by atoms with Gasteiger partial charge < -0.3 is 10.7 Å². The van der Waals surface area contributed by atoms with Crippen LogP contribution in [0.1, 0.15) is 51.8 Å². The second-order valence-electron chi connectivity index (χ2n) is 6.56. The number of nitrogen functional groups attached to an aromatic ring is 1. The number of aromatic nitrogens is 2. The quantitative estimate of drug-likeness (QED) is 0.794. The minimum atomic E-state index is 0.228. The first kappa shape index (κ1) is 13.9. The van der Waals surface area contributed by atoms with Crippen LogP contribution in [0.3, 0.4) is 0 Å². The second kappa shape index (κ2) is 5.06. The second-order valence-corrected chi connectivity index (χ2v) is 7.48. The standard InChI is InChI=1S/C16H22BrN3/c1-10(2)9-16(5-3-4-6-16)15-19-13-8-11(17)7-12(18)14(13)20-15/h7-8,10H,3-6,9,18H2,1-2H3,(H,19,20). The van der Waals surface area contributed by atoms with Crippen molar-refractivity contribution in [2.24, 2.45) is 5.92 Å². The smallest absolute Gasteiger partial charge is 0.113 e. The molecule has 1 aliphatic rings. The number of benzene rings is 1. The van der Waals surface area contributed by atoms with Crippen LogP contribution in [0.15, 0.2) is 16.6 Å². The Bertz CT molecular complexity index is 624. The monoisotopic (exact) mass is 335 g/mol. The Morgan fingerprint density at radius 1 is 1.35 bits per heavy atom. The van der Waals surface area contributed by atoms with Gasteiger partial charge >= 0.3 is 0 Å². The fourth-order valence-electron chi connectivity index (χ4n) is 3.73. The van der Waals surface area contributed by atoms with Gasteiger partial charge in [0.25, 0.3) is 0 Å². The Hall–Kier alpha value is -1.03.